The maximum Gasteiger partial charge on any atom is 0.255 e. The van der Waals surface area contributed by atoms with Crippen molar-refractivity contribution in [1.29, 1.82) is 0 Å². The van der Waals surface area contributed by atoms with Gasteiger partial charge in [-0.2, -0.15) is 0 Å². The molecule has 7 heteroatoms. The van der Waals surface area contributed by atoms with E-state index in [0.29, 0.717) is 31.3 Å². The third kappa shape index (κ3) is 6.03. The van der Waals surface area contributed by atoms with Crippen molar-refractivity contribution in [1.82, 2.24) is 23.9 Å². The second-order valence-electron chi connectivity index (χ2n) is 11.3. The number of ether oxygens (including phenoxy) is 1. The fraction of sp³-hybridized carbons (Fsp3) is 0.314. The summed E-state index contributed by atoms with van der Waals surface area (Å²) in [7, 11) is 3.50. The van der Waals surface area contributed by atoms with Gasteiger partial charge in [0.1, 0.15) is 0 Å². The van der Waals surface area contributed by atoms with E-state index in [2.05, 4.69) is 98.0 Å². The first kappa shape index (κ1) is 27.9. The van der Waals surface area contributed by atoms with E-state index >= 15 is 0 Å². The Hall–Kier alpha value is -4.20. The van der Waals surface area contributed by atoms with Gasteiger partial charge in [0.15, 0.2) is 0 Å². The van der Waals surface area contributed by atoms with Gasteiger partial charge in [0.25, 0.3) is 5.91 Å². The smallest absolute Gasteiger partial charge is 0.255 e. The van der Waals surface area contributed by atoms with Crippen molar-refractivity contribution < 1.29 is 9.53 Å². The molecule has 0 unspecified atom stereocenters. The van der Waals surface area contributed by atoms with E-state index < -0.39 is 0 Å². The Morgan fingerprint density at radius 3 is 2.50 bits per heavy atom. The van der Waals surface area contributed by atoms with Gasteiger partial charge in [0, 0.05) is 70.5 Å². The summed E-state index contributed by atoms with van der Waals surface area (Å²) in [6.07, 6.45) is 10.3. The number of fused-ring (bicyclic) bond motifs is 1. The van der Waals surface area contributed by atoms with Crippen molar-refractivity contribution in [2.75, 3.05) is 40.4 Å². The number of rotatable bonds is 10. The fourth-order valence-corrected chi connectivity index (χ4v) is 6.15. The lowest BCUT2D eigenvalue weighted by Gasteiger charge is -2.33. The number of hydrogen-bond acceptors (Lipinski definition) is 4. The molecule has 3 aromatic carbocycles. The van der Waals surface area contributed by atoms with Gasteiger partial charge < -0.3 is 18.8 Å². The number of methoxy groups -OCH3 is 1. The van der Waals surface area contributed by atoms with Gasteiger partial charge in [-0.15, -0.1) is 0 Å². The largest absolute Gasteiger partial charge is 0.383 e. The number of carbonyl (C=O) groups is 1. The van der Waals surface area contributed by atoms with E-state index in [9.17, 15) is 4.79 Å². The van der Waals surface area contributed by atoms with Crippen molar-refractivity contribution in [2.45, 2.75) is 32.0 Å². The molecule has 1 saturated heterocycles. The molecule has 0 atom stereocenters. The van der Waals surface area contributed by atoms with E-state index in [1.54, 1.807) is 12.0 Å². The molecule has 1 aliphatic heterocycles. The SMILES string of the molecule is COCCN(C)C(=O)c1cn(Cc2cncn2C2CCN(Cc3ccccc3)CC2)cc1-c1cccc2ccccc12. The van der Waals surface area contributed by atoms with Crippen molar-refractivity contribution in [3.8, 4) is 11.1 Å². The van der Waals surface area contributed by atoms with Crippen LogP contribution in [0, 0.1) is 0 Å². The van der Waals surface area contributed by atoms with Crippen LogP contribution in [0.1, 0.15) is 40.5 Å². The molecule has 5 aromatic rings. The maximum atomic E-state index is 13.7. The number of piperidine rings is 1. The fourth-order valence-electron chi connectivity index (χ4n) is 6.15. The summed E-state index contributed by atoms with van der Waals surface area (Å²) in [5.41, 5.74) is 5.23. The average Bonchev–Trinajstić information content (AvgIpc) is 3.67. The molecule has 0 saturated carbocycles. The summed E-state index contributed by atoms with van der Waals surface area (Å²) in [6.45, 7) is 4.81. The molecule has 7 nitrogen and oxygen atoms in total. The molecular weight excluding hydrogens is 522 g/mol. The number of hydrogen-bond donors (Lipinski definition) is 0. The van der Waals surface area contributed by atoms with Gasteiger partial charge >= 0.3 is 0 Å². The molecule has 42 heavy (non-hydrogen) atoms. The molecule has 1 fully saturated rings. The molecule has 2 aromatic heterocycles. The summed E-state index contributed by atoms with van der Waals surface area (Å²) < 4.78 is 9.74. The lowest BCUT2D eigenvalue weighted by Crippen LogP contribution is -2.34. The van der Waals surface area contributed by atoms with Crippen molar-refractivity contribution in [3.05, 3.63) is 115 Å². The zero-order valence-electron chi connectivity index (χ0n) is 24.5. The third-order valence-corrected chi connectivity index (χ3v) is 8.46. The number of imidazole rings is 1. The normalized spacial score (nSPS) is 14.4. The highest BCUT2D eigenvalue weighted by molar-refractivity contribution is 6.05. The van der Waals surface area contributed by atoms with Gasteiger partial charge in [-0.1, -0.05) is 72.8 Å². The maximum absolute atomic E-state index is 13.7. The van der Waals surface area contributed by atoms with Gasteiger partial charge in [0.05, 0.1) is 30.7 Å². The van der Waals surface area contributed by atoms with Crippen LogP contribution in [0.3, 0.4) is 0 Å². The minimum Gasteiger partial charge on any atom is -0.383 e. The molecule has 3 heterocycles. The first-order valence-electron chi connectivity index (χ1n) is 14.8. The zero-order chi connectivity index (χ0) is 28.9. The van der Waals surface area contributed by atoms with Crippen LogP contribution in [0.2, 0.25) is 0 Å². The molecule has 0 bridgehead atoms. The number of benzene rings is 3. The Labute approximate surface area is 248 Å². The second-order valence-corrected chi connectivity index (χ2v) is 11.3. The van der Waals surface area contributed by atoms with E-state index in [1.165, 1.54) is 5.56 Å². The number of likely N-dealkylation sites (tertiary alicyclic amines) is 1. The topological polar surface area (TPSA) is 55.5 Å². The van der Waals surface area contributed by atoms with E-state index in [-0.39, 0.29) is 5.91 Å². The van der Waals surface area contributed by atoms with Crippen molar-refractivity contribution in [2.24, 2.45) is 0 Å². The van der Waals surface area contributed by atoms with Crippen LogP contribution in [-0.2, 0) is 17.8 Å². The first-order valence-corrected chi connectivity index (χ1v) is 14.8. The molecule has 6 rings (SSSR count). The second kappa shape index (κ2) is 12.8. The van der Waals surface area contributed by atoms with Crippen LogP contribution < -0.4 is 0 Å². The minimum atomic E-state index is -0.00645. The Morgan fingerprint density at radius 1 is 0.929 bits per heavy atom. The molecule has 0 spiro atoms. The predicted octanol–water partition coefficient (Wildman–Crippen LogP) is 6.11. The predicted molar refractivity (Wildman–Crippen MR) is 168 cm³/mol. The lowest BCUT2D eigenvalue weighted by molar-refractivity contribution is 0.0745. The van der Waals surface area contributed by atoms with Gasteiger partial charge in [0.2, 0.25) is 0 Å². The lowest BCUT2D eigenvalue weighted by atomic mass is 9.97. The highest BCUT2D eigenvalue weighted by Crippen LogP contribution is 2.33. The Kier molecular flexibility index (Phi) is 8.49. The third-order valence-electron chi connectivity index (χ3n) is 8.46. The Balaban J connectivity index is 1.25. The zero-order valence-corrected chi connectivity index (χ0v) is 24.5. The number of nitrogens with zero attached hydrogens (tertiary/aromatic N) is 5. The first-order chi connectivity index (χ1) is 20.6. The minimum absolute atomic E-state index is 0.00645. The van der Waals surface area contributed by atoms with Gasteiger partial charge in [-0.25, -0.2) is 4.98 Å². The van der Waals surface area contributed by atoms with E-state index in [1.807, 2.05) is 25.8 Å². The number of aromatic nitrogens is 3. The quantitative estimate of drug-likeness (QED) is 0.207. The van der Waals surface area contributed by atoms with Crippen LogP contribution in [0.15, 0.2) is 97.7 Å². The molecule has 216 valence electrons. The highest BCUT2D eigenvalue weighted by Gasteiger charge is 2.24. The van der Waals surface area contributed by atoms with Crippen LogP contribution in [0.5, 0.6) is 0 Å². The van der Waals surface area contributed by atoms with Gasteiger partial charge in [-0.3, -0.25) is 9.69 Å². The van der Waals surface area contributed by atoms with Crippen LogP contribution in [-0.4, -0.2) is 70.2 Å². The molecule has 1 amide bonds. The summed E-state index contributed by atoms with van der Waals surface area (Å²) in [5.74, 6) is -0.00645. The molecular formula is C35H39N5O2. The van der Waals surface area contributed by atoms with Crippen LogP contribution in [0.4, 0.5) is 0 Å². The number of carbonyl (C=O) groups excluding carboxylic acids is 1. The van der Waals surface area contributed by atoms with Crippen molar-refractivity contribution in [3.63, 3.8) is 0 Å². The van der Waals surface area contributed by atoms with E-state index in [0.717, 1.165) is 60.1 Å². The average molecular weight is 562 g/mol. The Morgan fingerprint density at radius 2 is 1.69 bits per heavy atom. The molecule has 0 aliphatic carbocycles. The number of likely N-dealkylation sites (N-methyl/N-ethyl adjacent to an activating group) is 1. The molecule has 1 aliphatic rings. The number of amides is 1. The summed E-state index contributed by atoms with van der Waals surface area (Å²) in [5, 5.41) is 2.30. The van der Waals surface area contributed by atoms with Gasteiger partial charge in [-0.05, 0) is 34.7 Å². The van der Waals surface area contributed by atoms with Crippen molar-refractivity contribution >= 4 is 16.7 Å². The van der Waals surface area contributed by atoms with Crippen LogP contribution in [0.25, 0.3) is 21.9 Å². The molecule has 0 N–H and O–H groups in total. The highest BCUT2D eigenvalue weighted by atomic mass is 16.5. The van der Waals surface area contributed by atoms with Crippen LogP contribution >= 0.6 is 0 Å². The standard InChI is InChI=1S/C35H39N5O2/c1-37(19-20-42-2)35(41)34-25-39(24-33(34)32-14-8-12-28-11-6-7-13-31(28)32)23-30-21-36-26-40(30)29-15-17-38(18-16-29)22-27-9-4-3-5-10-27/h3-14,21,24-26,29H,15-20,22-23H2,1-2H3. The Bertz CT molecular complexity index is 1630. The summed E-state index contributed by atoms with van der Waals surface area (Å²) in [4.78, 5) is 22.5. The summed E-state index contributed by atoms with van der Waals surface area (Å²) >= 11 is 0. The molecule has 0 radical (unpaired) electrons. The van der Waals surface area contributed by atoms with E-state index in [4.69, 9.17) is 4.74 Å². The summed E-state index contributed by atoms with van der Waals surface area (Å²) in [6, 6.07) is 25.8. The monoisotopic (exact) mass is 561 g/mol.